The number of hydroxylamine groups is 1. The molecule has 0 saturated carbocycles. The van der Waals surface area contributed by atoms with Gasteiger partial charge in [-0.1, -0.05) is 31.2 Å². The molecule has 2 atom stereocenters. The van der Waals surface area contributed by atoms with Gasteiger partial charge < -0.3 is 4.90 Å². The predicted molar refractivity (Wildman–Crippen MR) is 121 cm³/mol. The molecule has 0 spiro atoms. The van der Waals surface area contributed by atoms with Gasteiger partial charge in [-0.3, -0.25) is 24.1 Å². The van der Waals surface area contributed by atoms with Crippen LogP contribution in [-0.4, -0.2) is 60.3 Å². The molecule has 7 nitrogen and oxygen atoms in total. The number of anilines is 1. The van der Waals surface area contributed by atoms with Crippen LogP contribution in [0.2, 0.25) is 0 Å². The van der Waals surface area contributed by atoms with Crippen molar-refractivity contribution in [3.8, 4) is 0 Å². The lowest BCUT2D eigenvalue weighted by Crippen LogP contribution is -2.45. The molecule has 0 radical (unpaired) electrons. The Labute approximate surface area is 192 Å². The Hall–Kier alpha value is -3.10. The summed E-state index contributed by atoms with van der Waals surface area (Å²) in [6.07, 6.45) is 0.840. The van der Waals surface area contributed by atoms with E-state index in [0.717, 1.165) is 24.6 Å². The van der Waals surface area contributed by atoms with Crippen molar-refractivity contribution in [1.82, 2.24) is 9.80 Å². The van der Waals surface area contributed by atoms with E-state index in [-0.39, 0.29) is 35.2 Å². The molecular weight excluding hydrogens is 425 g/mol. The number of benzene rings is 2. The van der Waals surface area contributed by atoms with Crippen molar-refractivity contribution in [3.05, 3.63) is 65.5 Å². The lowest BCUT2D eigenvalue weighted by Gasteiger charge is -2.37. The van der Waals surface area contributed by atoms with Gasteiger partial charge in [0.2, 0.25) is 5.91 Å². The Morgan fingerprint density at radius 1 is 1.06 bits per heavy atom. The van der Waals surface area contributed by atoms with Crippen molar-refractivity contribution in [1.29, 1.82) is 0 Å². The molecule has 2 aromatic rings. The molecule has 2 aromatic carbocycles. The van der Waals surface area contributed by atoms with Gasteiger partial charge in [0.15, 0.2) is 0 Å². The monoisotopic (exact) mass is 453 g/mol. The number of hydrogen-bond donors (Lipinski definition) is 0. The van der Waals surface area contributed by atoms with Crippen molar-refractivity contribution in [3.63, 3.8) is 0 Å². The van der Waals surface area contributed by atoms with Crippen molar-refractivity contribution < 1.29 is 23.6 Å². The van der Waals surface area contributed by atoms with E-state index in [2.05, 4.69) is 11.8 Å². The van der Waals surface area contributed by atoms with Crippen molar-refractivity contribution in [2.45, 2.75) is 20.3 Å². The zero-order valence-corrected chi connectivity index (χ0v) is 18.9. The van der Waals surface area contributed by atoms with Crippen LogP contribution in [0, 0.1) is 17.7 Å². The number of fused-ring (bicyclic) bond motifs is 1. The number of carbonyl (C=O) groups excluding carboxylic acids is 3. The summed E-state index contributed by atoms with van der Waals surface area (Å²) in [4.78, 5) is 46.4. The molecule has 2 aliphatic rings. The zero-order valence-electron chi connectivity index (χ0n) is 18.9. The third-order valence-electron chi connectivity index (χ3n) is 6.46. The summed E-state index contributed by atoms with van der Waals surface area (Å²) in [6, 6.07) is 12.9. The molecular formula is C25H28FN3O4. The molecule has 8 heteroatoms. The Bertz CT molecular complexity index is 1020. The number of amides is 3. The maximum Gasteiger partial charge on any atom is 0.261 e. The first-order valence-corrected chi connectivity index (χ1v) is 11.2. The first kappa shape index (κ1) is 23.1. The molecule has 33 heavy (non-hydrogen) atoms. The first-order valence-electron chi connectivity index (χ1n) is 11.2. The molecule has 1 fully saturated rings. The van der Waals surface area contributed by atoms with Crippen LogP contribution in [0.4, 0.5) is 10.1 Å². The second kappa shape index (κ2) is 9.80. The molecule has 2 aliphatic heterocycles. The SMILES string of the molecule is CC(=O)N(OC[C@@H]1CCN(CCN2C(=O)c3ccccc3C2=O)C[C@@H]1C)c1ccccc1F. The van der Waals surface area contributed by atoms with Gasteiger partial charge in [-0.25, -0.2) is 4.39 Å². The van der Waals surface area contributed by atoms with Gasteiger partial charge in [0.25, 0.3) is 11.8 Å². The van der Waals surface area contributed by atoms with Crippen LogP contribution in [0.25, 0.3) is 0 Å². The average Bonchev–Trinajstić information content (AvgIpc) is 3.04. The highest BCUT2D eigenvalue weighted by atomic mass is 19.1. The van der Waals surface area contributed by atoms with Gasteiger partial charge in [-0.2, -0.15) is 5.06 Å². The van der Waals surface area contributed by atoms with E-state index < -0.39 is 5.82 Å². The number of halogens is 1. The Morgan fingerprint density at radius 3 is 2.30 bits per heavy atom. The predicted octanol–water partition coefficient (Wildman–Crippen LogP) is 3.36. The van der Waals surface area contributed by atoms with Gasteiger partial charge in [0.05, 0.1) is 17.7 Å². The van der Waals surface area contributed by atoms with Gasteiger partial charge >= 0.3 is 0 Å². The van der Waals surface area contributed by atoms with Crippen LogP contribution >= 0.6 is 0 Å². The fourth-order valence-electron chi connectivity index (χ4n) is 4.53. The molecule has 0 unspecified atom stereocenters. The average molecular weight is 454 g/mol. The summed E-state index contributed by atoms with van der Waals surface area (Å²) in [5, 5.41) is 1.02. The van der Waals surface area contributed by atoms with Crippen LogP contribution in [0.1, 0.15) is 41.0 Å². The minimum absolute atomic E-state index is 0.107. The molecule has 0 aromatic heterocycles. The molecule has 0 aliphatic carbocycles. The van der Waals surface area contributed by atoms with E-state index in [4.69, 9.17) is 4.84 Å². The molecule has 2 heterocycles. The number of likely N-dealkylation sites (tertiary alicyclic amines) is 1. The highest BCUT2D eigenvalue weighted by Crippen LogP contribution is 2.27. The molecule has 1 saturated heterocycles. The van der Waals surface area contributed by atoms with Crippen LogP contribution in [-0.2, 0) is 9.63 Å². The normalized spacial score (nSPS) is 20.8. The largest absolute Gasteiger partial charge is 0.301 e. The lowest BCUT2D eigenvalue weighted by atomic mass is 9.87. The van der Waals surface area contributed by atoms with Crippen LogP contribution in [0.15, 0.2) is 48.5 Å². The van der Waals surface area contributed by atoms with Gasteiger partial charge in [0.1, 0.15) is 11.5 Å². The standard InChI is InChI=1S/C25H28FN3O4/c1-17-15-27(13-14-28-24(31)20-7-3-4-8-21(20)25(28)32)12-11-19(17)16-33-29(18(2)30)23-10-6-5-9-22(23)26/h3-10,17,19H,11-16H2,1-2H3/t17-,19-/m0/s1. The molecule has 0 N–H and O–H groups in total. The highest BCUT2D eigenvalue weighted by molar-refractivity contribution is 6.21. The molecule has 3 amide bonds. The molecule has 4 rings (SSSR count). The van der Waals surface area contributed by atoms with Crippen molar-refractivity contribution in [2.75, 3.05) is 37.8 Å². The van der Waals surface area contributed by atoms with E-state index in [0.29, 0.717) is 30.8 Å². The van der Waals surface area contributed by atoms with Gasteiger partial charge in [-0.15, -0.1) is 0 Å². The van der Waals surface area contributed by atoms with Crippen LogP contribution in [0.5, 0.6) is 0 Å². The number of para-hydroxylation sites is 1. The van der Waals surface area contributed by atoms with Crippen molar-refractivity contribution >= 4 is 23.4 Å². The maximum atomic E-state index is 14.1. The Morgan fingerprint density at radius 2 is 1.70 bits per heavy atom. The van der Waals surface area contributed by atoms with E-state index >= 15 is 0 Å². The fraction of sp³-hybridized carbons (Fsp3) is 0.400. The van der Waals surface area contributed by atoms with Crippen molar-refractivity contribution in [2.24, 2.45) is 11.8 Å². The fourth-order valence-corrected chi connectivity index (χ4v) is 4.53. The summed E-state index contributed by atoms with van der Waals surface area (Å²) < 4.78 is 14.1. The minimum atomic E-state index is -0.510. The van der Waals surface area contributed by atoms with E-state index in [1.807, 2.05) is 0 Å². The third-order valence-corrected chi connectivity index (χ3v) is 6.46. The second-order valence-electron chi connectivity index (χ2n) is 8.69. The number of imide groups is 1. The number of hydrogen-bond acceptors (Lipinski definition) is 5. The number of nitrogens with zero attached hydrogens (tertiary/aromatic N) is 3. The summed E-state index contributed by atoms with van der Waals surface area (Å²) in [6.45, 7) is 6.31. The highest BCUT2D eigenvalue weighted by Gasteiger charge is 2.35. The number of carbonyl (C=O) groups is 3. The summed E-state index contributed by atoms with van der Waals surface area (Å²) in [5.74, 6) is -0.881. The van der Waals surface area contributed by atoms with E-state index in [1.54, 1.807) is 36.4 Å². The maximum absolute atomic E-state index is 14.1. The lowest BCUT2D eigenvalue weighted by molar-refractivity contribution is -0.125. The van der Waals surface area contributed by atoms with Gasteiger partial charge in [-0.05, 0) is 49.1 Å². The summed E-state index contributed by atoms with van der Waals surface area (Å²) >= 11 is 0. The van der Waals surface area contributed by atoms with E-state index in [1.165, 1.54) is 24.0 Å². The topological polar surface area (TPSA) is 70.2 Å². The number of rotatable bonds is 7. The van der Waals surface area contributed by atoms with E-state index in [9.17, 15) is 18.8 Å². The molecule has 174 valence electrons. The van der Waals surface area contributed by atoms with Crippen LogP contribution in [0.3, 0.4) is 0 Å². The number of piperidine rings is 1. The third kappa shape index (κ3) is 4.82. The summed E-state index contributed by atoms with van der Waals surface area (Å²) in [7, 11) is 0. The summed E-state index contributed by atoms with van der Waals surface area (Å²) in [5.41, 5.74) is 1.05. The zero-order chi connectivity index (χ0) is 23.5. The Balaban J connectivity index is 1.29. The smallest absolute Gasteiger partial charge is 0.261 e. The quantitative estimate of drug-likeness (QED) is 0.475. The molecule has 0 bridgehead atoms. The van der Waals surface area contributed by atoms with Gasteiger partial charge in [0, 0.05) is 26.6 Å². The Kier molecular flexibility index (Phi) is 6.85. The first-order chi connectivity index (χ1) is 15.9. The minimum Gasteiger partial charge on any atom is -0.301 e. The second-order valence-corrected chi connectivity index (χ2v) is 8.69. The van der Waals surface area contributed by atoms with Crippen LogP contribution < -0.4 is 5.06 Å².